The van der Waals surface area contributed by atoms with Crippen LogP contribution < -0.4 is 10.2 Å². The molecule has 7 nitrogen and oxygen atoms in total. The summed E-state index contributed by atoms with van der Waals surface area (Å²) >= 11 is 0. The Morgan fingerprint density at radius 1 is 1.05 bits per heavy atom. The summed E-state index contributed by atoms with van der Waals surface area (Å²) in [5.41, 5.74) is 1.95. The van der Waals surface area contributed by atoms with Crippen molar-refractivity contribution in [3.63, 3.8) is 0 Å². The maximum absolute atomic E-state index is 13.7. The predicted molar refractivity (Wildman–Crippen MR) is 140 cm³/mol. The molecule has 0 aromatic heterocycles. The van der Waals surface area contributed by atoms with E-state index in [1.54, 1.807) is 29.2 Å². The fourth-order valence-corrected chi connectivity index (χ4v) is 5.63. The zero-order valence-electron chi connectivity index (χ0n) is 21.8. The Bertz CT molecular complexity index is 1130. The number of nitrogens with one attached hydrogen (secondary N) is 1. The normalized spacial score (nSPS) is 21.9. The molecular weight excluding hydrogens is 473 g/mol. The quantitative estimate of drug-likeness (QED) is 0.520. The fourth-order valence-electron chi connectivity index (χ4n) is 5.63. The van der Waals surface area contributed by atoms with Gasteiger partial charge >= 0.3 is 12.0 Å². The van der Waals surface area contributed by atoms with E-state index >= 15 is 0 Å². The molecule has 37 heavy (non-hydrogen) atoms. The van der Waals surface area contributed by atoms with Gasteiger partial charge in [0.15, 0.2) is 0 Å². The molecule has 1 saturated heterocycles. The summed E-state index contributed by atoms with van der Waals surface area (Å²) in [4.78, 5) is 40.5. The number of aliphatic carboxylic acids is 1. The van der Waals surface area contributed by atoms with Gasteiger partial charge in [-0.05, 0) is 79.0 Å². The molecule has 4 rings (SSSR count). The molecular formula is C29H36FN3O4. The van der Waals surface area contributed by atoms with Crippen LogP contribution in [0.25, 0.3) is 0 Å². The molecule has 2 aromatic carbocycles. The Balaban J connectivity index is 1.53. The minimum absolute atomic E-state index is 0.0650. The number of carbonyl (C=O) groups is 3. The first-order chi connectivity index (χ1) is 17.5. The standard InChI is InChI=1S/C29H36FN3O4/c1-28(2,3)22-12-15-29(16-13-22)19-32(24-10-8-23(30)9-11-24)27(37)33(29)18-20-4-6-21(7-5-20)26(36)31-17-14-25(34)35/h4-11,22H,12-19H2,1-3H3,(H,31,36)(H,34,35). The van der Waals surface area contributed by atoms with Gasteiger partial charge in [0.05, 0.1) is 18.5 Å². The molecule has 1 aliphatic carbocycles. The second kappa shape index (κ2) is 10.5. The summed E-state index contributed by atoms with van der Waals surface area (Å²) in [5, 5.41) is 11.4. The van der Waals surface area contributed by atoms with Crippen molar-refractivity contribution in [2.45, 2.75) is 65.0 Å². The van der Waals surface area contributed by atoms with Crippen LogP contribution in [-0.4, -0.2) is 46.5 Å². The SMILES string of the molecule is CC(C)(C)C1CCC2(CC1)CN(c1ccc(F)cc1)C(=O)N2Cc1ccc(C(=O)NCCC(=O)O)cc1. The smallest absolute Gasteiger partial charge is 0.325 e. The fraction of sp³-hybridized carbons (Fsp3) is 0.483. The number of carboxylic acids is 1. The largest absolute Gasteiger partial charge is 0.481 e. The van der Waals surface area contributed by atoms with E-state index in [1.165, 1.54) is 12.1 Å². The highest BCUT2D eigenvalue weighted by Gasteiger charge is 2.52. The van der Waals surface area contributed by atoms with E-state index in [4.69, 9.17) is 5.11 Å². The molecule has 3 amide bonds. The van der Waals surface area contributed by atoms with Gasteiger partial charge in [-0.25, -0.2) is 9.18 Å². The van der Waals surface area contributed by atoms with Crippen LogP contribution in [0.4, 0.5) is 14.9 Å². The third-order valence-electron chi connectivity index (χ3n) is 7.95. The van der Waals surface area contributed by atoms with Gasteiger partial charge < -0.3 is 15.3 Å². The minimum atomic E-state index is -0.967. The molecule has 2 aromatic rings. The molecule has 1 aliphatic heterocycles. The van der Waals surface area contributed by atoms with Crippen molar-refractivity contribution in [1.82, 2.24) is 10.2 Å². The molecule has 0 atom stereocenters. The van der Waals surface area contributed by atoms with E-state index in [0.717, 1.165) is 31.2 Å². The number of carbonyl (C=O) groups excluding carboxylic acids is 2. The molecule has 2 fully saturated rings. The molecule has 1 saturated carbocycles. The van der Waals surface area contributed by atoms with E-state index in [1.807, 2.05) is 17.0 Å². The van der Waals surface area contributed by atoms with Gasteiger partial charge in [-0.15, -0.1) is 0 Å². The number of halogens is 1. The number of amides is 3. The second-order valence-electron chi connectivity index (χ2n) is 11.4. The third kappa shape index (κ3) is 5.95. The average Bonchev–Trinajstić information content (AvgIpc) is 3.10. The lowest BCUT2D eigenvalue weighted by Crippen LogP contribution is -2.50. The topological polar surface area (TPSA) is 90.0 Å². The van der Waals surface area contributed by atoms with Crippen LogP contribution in [0, 0.1) is 17.2 Å². The van der Waals surface area contributed by atoms with Crippen molar-refractivity contribution in [2.75, 3.05) is 18.0 Å². The van der Waals surface area contributed by atoms with Crippen LogP contribution in [0.2, 0.25) is 0 Å². The van der Waals surface area contributed by atoms with Crippen molar-refractivity contribution < 1.29 is 23.9 Å². The Morgan fingerprint density at radius 2 is 1.68 bits per heavy atom. The van der Waals surface area contributed by atoms with Crippen LogP contribution in [0.15, 0.2) is 48.5 Å². The first-order valence-electron chi connectivity index (χ1n) is 12.9. The van der Waals surface area contributed by atoms with Crippen LogP contribution in [-0.2, 0) is 11.3 Å². The van der Waals surface area contributed by atoms with Crippen LogP contribution in [0.5, 0.6) is 0 Å². The molecule has 0 radical (unpaired) electrons. The van der Waals surface area contributed by atoms with Crippen LogP contribution in [0.3, 0.4) is 0 Å². The maximum Gasteiger partial charge on any atom is 0.325 e. The maximum atomic E-state index is 13.7. The van der Waals surface area contributed by atoms with Crippen molar-refractivity contribution in [2.24, 2.45) is 11.3 Å². The van der Waals surface area contributed by atoms with Gasteiger partial charge in [-0.1, -0.05) is 32.9 Å². The summed E-state index contributed by atoms with van der Waals surface area (Å²) in [6, 6.07) is 13.1. The van der Waals surface area contributed by atoms with E-state index in [2.05, 4.69) is 26.1 Å². The number of urea groups is 1. The molecule has 0 bridgehead atoms. The number of hydrogen-bond acceptors (Lipinski definition) is 3. The highest BCUT2D eigenvalue weighted by atomic mass is 19.1. The molecule has 2 N–H and O–H groups in total. The Morgan fingerprint density at radius 3 is 2.24 bits per heavy atom. The number of anilines is 1. The Labute approximate surface area is 217 Å². The number of benzene rings is 2. The van der Waals surface area contributed by atoms with Crippen molar-refractivity contribution in [1.29, 1.82) is 0 Å². The highest BCUT2D eigenvalue weighted by Crippen LogP contribution is 2.47. The van der Waals surface area contributed by atoms with Gasteiger partial charge in [-0.3, -0.25) is 14.5 Å². The van der Waals surface area contributed by atoms with Gasteiger partial charge in [-0.2, -0.15) is 0 Å². The van der Waals surface area contributed by atoms with E-state index in [9.17, 15) is 18.8 Å². The van der Waals surface area contributed by atoms with E-state index < -0.39 is 5.97 Å². The molecule has 8 heteroatoms. The first kappa shape index (κ1) is 26.6. The number of nitrogens with zero attached hydrogens (tertiary/aromatic N) is 2. The van der Waals surface area contributed by atoms with Crippen molar-refractivity contribution >= 4 is 23.6 Å². The van der Waals surface area contributed by atoms with Gasteiger partial charge in [0, 0.05) is 24.3 Å². The monoisotopic (exact) mass is 509 g/mol. The first-order valence-corrected chi connectivity index (χ1v) is 12.9. The zero-order chi connectivity index (χ0) is 26.8. The van der Waals surface area contributed by atoms with Gasteiger partial charge in [0.1, 0.15) is 5.82 Å². The van der Waals surface area contributed by atoms with E-state index in [0.29, 0.717) is 30.3 Å². The molecule has 198 valence electrons. The number of carboxylic acid groups (broad SMARTS) is 1. The lowest BCUT2D eigenvalue weighted by atomic mass is 9.67. The predicted octanol–water partition coefficient (Wildman–Crippen LogP) is 5.45. The molecule has 1 spiro atoms. The molecule has 2 aliphatic rings. The summed E-state index contributed by atoms with van der Waals surface area (Å²) in [5.74, 6) is -1.04. The third-order valence-corrected chi connectivity index (χ3v) is 7.95. The van der Waals surface area contributed by atoms with Crippen LogP contribution in [0.1, 0.15) is 68.8 Å². The van der Waals surface area contributed by atoms with Crippen molar-refractivity contribution in [3.8, 4) is 0 Å². The summed E-state index contributed by atoms with van der Waals surface area (Å²) in [6.45, 7) is 7.87. The lowest BCUT2D eigenvalue weighted by Gasteiger charge is -2.45. The number of rotatable bonds is 7. The summed E-state index contributed by atoms with van der Waals surface area (Å²) in [7, 11) is 0. The highest BCUT2D eigenvalue weighted by molar-refractivity contribution is 5.96. The Hall–Kier alpha value is -3.42. The Kier molecular flexibility index (Phi) is 7.57. The summed E-state index contributed by atoms with van der Waals surface area (Å²) < 4.78 is 13.6. The second-order valence-corrected chi connectivity index (χ2v) is 11.4. The van der Waals surface area contributed by atoms with Gasteiger partial charge in [0.2, 0.25) is 0 Å². The zero-order valence-corrected chi connectivity index (χ0v) is 21.8. The lowest BCUT2D eigenvalue weighted by molar-refractivity contribution is -0.136. The summed E-state index contributed by atoms with van der Waals surface area (Å²) in [6.07, 6.45) is 3.76. The van der Waals surface area contributed by atoms with Gasteiger partial charge in [0.25, 0.3) is 5.91 Å². The van der Waals surface area contributed by atoms with Crippen molar-refractivity contribution in [3.05, 3.63) is 65.5 Å². The van der Waals surface area contributed by atoms with Crippen LogP contribution >= 0.6 is 0 Å². The minimum Gasteiger partial charge on any atom is -0.481 e. The molecule has 1 heterocycles. The average molecular weight is 510 g/mol. The molecule has 0 unspecified atom stereocenters. The van der Waals surface area contributed by atoms with E-state index in [-0.39, 0.29) is 41.7 Å². The number of hydrogen-bond donors (Lipinski definition) is 2.